The second-order valence-electron chi connectivity index (χ2n) is 5.67. The Bertz CT molecular complexity index is 602. The maximum atomic E-state index is 5.66. The number of hydrogen-bond donors (Lipinski definition) is 1. The van der Waals surface area contributed by atoms with Gasteiger partial charge in [-0.2, -0.15) is 0 Å². The van der Waals surface area contributed by atoms with Gasteiger partial charge in [-0.3, -0.25) is 0 Å². The first-order chi connectivity index (χ1) is 9.93. The van der Waals surface area contributed by atoms with Crippen LogP contribution >= 0.6 is 0 Å². The Hall–Kier alpha value is -2.08. The molecule has 0 radical (unpaired) electrons. The summed E-state index contributed by atoms with van der Waals surface area (Å²) in [5, 5.41) is 11.4. The Morgan fingerprint density at radius 2 is 1.81 bits per heavy atom. The van der Waals surface area contributed by atoms with Crippen molar-refractivity contribution >= 4 is 0 Å². The van der Waals surface area contributed by atoms with Crippen LogP contribution < -0.4 is 14.8 Å². The summed E-state index contributed by atoms with van der Waals surface area (Å²) in [6.45, 7) is 6.78. The van der Waals surface area contributed by atoms with E-state index in [1.54, 1.807) is 14.2 Å². The second kappa shape index (κ2) is 6.13. The zero-order valence-corrected chi connectivity index (χ0v) is 13.1. The van der Waals surface area contributed by atoms with Crippen molar-refractivity contribution in [2.45, 2.75) is 32.9 Å². The van der Waals surface area contributed by atoms with Gasteiger partial charge in [-0.05, 0) is 39.0 Å². The van der Waals surface area contributed by atoms with E-state index in [2.05, 4.69) is 36.3 Å². The van der Waals surface area contributed by atoms with E-state index in [-0.39, 0.29) is 5.54 Å². The normalized spacial score (nSPS) is 11.5. The highest BCUT2D eigenvalue weighted by molar-refractivity contribution is 5.59. The van der Waals surface area contributed by atoms with Crippen LogP contribution in [0.2, 0.25) is 0 Å². The minimum absolute atomic E-state index is 0.00202. The Morgan fingerprint density at radius 3 is 2.43 bits per heavy atom. The van der Waals surface area contributed by atoms with Crippen LogP contribution in [0.25, 0.3) is 11.5 Å². The number of nitrogens with zero attached hydrogens (tertiary/aromatic N) is 2. The first kappa shape index (κ1) is 15.3. The average molecular weight is 291 g/mol. The number of methoxy groups -OCH3 is 2. The quantitative estimate of drug-likeness (QED) is 0.913. The number of aromatic nitrogens is 2. The molecule has 1 N–H and O–H groups in total. The summed E-state index contributed by atoms with van der Waals surface area (Å²) in [5.41, 5.74) is 0.792. The minimum Gasteiger partial charge on any atom is -0.493 e. The lowest BCUT2D eigenvalue weighted by Crippen LogP contribution is -2.35. The highest BCUT2D eigenvalue weighted by Crippen LogP contribution is 2.31. The summed E-state index contributed by atoms with van der Waals surface area (Å²) in [7, 11) is 3.19. The highest BCUT2D eigenvalue weighted by Gasteiger charge is 2.14. The van der Waals surface area contributed by atoms with Crippen LogP contribution in [0.4, 0.5) is 0 Å². The van der Waals surface area contributed by atoms with E-state index in [1.807, 2.05) is 18.2 Å². The van der Waals surface area contributed by atoms with Gasteiger partial charge in [0.15, 0.2) is 11.5 Å². The molecule has 0 saturated heterocycles. The summed E-state index contributed by atoms with van der Waals surface area (Å²) in [6, 6.07) is 5.48. The number of nitrogens with one attached hydrogen (secondary N) is 1. The summed E-state index contributed by atoms with van der Waals surface area (Å²) in [4.78, 5) is 0. The third-order valence-electron chi connectivity index (χ3n) is 2.87. The van der Waals surface area contributed by atoms with Crippen molar-refractivity contribution < 1.29 is 13.9 Å². The van der Waals surface area contributed by atoms with Crippen molar-refractivity contribution in [1.82, 2.24) is 15.5 Å². The molecule has 6 heteroatoms. The molecule has 2 rings (SSSR count). The van der Waals surface area contributed by atoms with Gasteiger partial charge in [-0.1, -0.05) is 0 Å². The van der Waals surface area contributed by atoms with Gasteiger partial charge in [-0.15, -0.1) is 10.2 Å². The van der Waals surface area contributed by atoms with Crippen molar-refractivity contribution in [1.29, 1.82) is 0 Å². The number of ether oxygens (including phenoxy) is 2. The lowest BCUT2D eigenvalue weighted by Gasteiger charge is -2.18. The van der Waals surface area contributed by atoms with E-state index in [0.29, 0.717) is 29.8 Å². The van der Waals surface area contributed by atoms with Crippen LogP contribution in [-0.2, 0) is 6.54 Å². The average Bonchev–Trinajstić information content (AvgIpc) is 2.92. The van der Waals surface area contributed by atoms with Crippen molar-refractivity contribution in [3.8, 4) is 23.0 Å². The van der Waals surface area contributed by atoms with Gasteiger partial charge in [-0.25, -0.2) is 0 Å². The monoisotopic (exact) mass is 291 g/mol. The van der Waals surface area contributed by atoms with Crippen molar-refractivity contribution in [3.05, 3.63) is 24.1 Å². The van der Waals surface area contributed by atoms with E-state index in [9.17, 15) is 0 Å². The van der Waals surface area contributed by atoms with Gasteiger partial charge in [0.1, 0.15) is 0 Å². The van der Waals surface area contributed by atoms with Gasteiger partial charge in [0.2, 0.25) is 11.8 Å². The van der Waals surface area contributed by atoms with Gasteiger partial charge in [0, 0.05) is 11.1 Å². The number of rotatable bonds is 5. The topological polar surface area (TPSA) is 69.4 Å². The van der Waals surface area contributed by atoms with Gasteiger partial charge >= 0.3 is 0 Å². The zero-order valence-electron chi connectivity index (χ0n) is 13.1. The zero-order chi connectivity index (χ0) is 15.5. The lowest BCUT2D eigenvalue weighted by atomic mass is 10.1. The maximum absolute atomic E-state index is 5.66. The molecule has 0 saturated carbocycles. The third kappa shape index (κ3) is 3.95. The molecule has 1 aromatic heterocycles. The number of hydrogen-bond acceptors (Lipinski definition) is 6. The molecule has 0 amide bonds. The largest absolute Gasteiger partial charge is 0.493 e. The maximum Gasteiger partial charge on any atom is 0.247 e. The molecule has 2 aromatic rings. The first-order valence-electron chi connectivity index (χ1n) is 6.73. The summed E-state index contributed by atoms with van der Waals surface area (Å²) < 4.78 is 16.1. The fraction of sp³-hybridized carbons (Fsp3) is 0.467. The summed E-state index contributed by atoms with van der Waals surface area (Å²) in [5.74, 6) is 2.30. The molecule has 0 spiro atoms. The Labute approximate surface area is 124 Å². The standard InChI is InChI=1S/C15H21N3O3/c1-15(2,3)16-9-13-17-18-14(21-13)10-6-7-11(19-4)12(8-10)20-5/h6-8,16H,9H2,1-5H3. The van der Waals surface area contributed by atoms with Crippen LogP contribution in [0.15, 0.2) is 22.6 Å². The minimum atomic E-state index is -0.00202. The van der Waals surface area contributed by atoms with Crippen molar-refractivity contribution in [2.75, 3.05) is 14.2 Å². The predicted octanol–water partition coefficient (Wildman–Crippen LogP) is 2.64. The third-order valence-corrected chi connectivity index (χ3v) is 2.87. The fourth-order valence-electron chi connectivity index (χ4n) is 1.75. The van der Waals surface area contributed by atoms with Crippen LogP contribution in [0.5, 0.6) is 11.5 Å². The van der Waals surface area contributed by atoms with Crippen molar-refractivity contribution in [3.63, 3.8) is 0 Å². The van der Waals surface area contributed by atoms with Crippen LogP contribution in [0.3, 0.4) is 0 Å². The molecule has 0 aliphatic heterocycles. The molecular formula is C15H21N3O3. The molecule has 0 bridgehead atoms. The fourth-order valence-corrected chi connectivity index (χ4v) is 1.75. The van der Waals surface area contributed by atoms with Crippen LogP contribution in [0.1, 0.15) is 26.7 Å². The second-order valence-corrected chi connectivity index (χ2v) is 5.67. The molecule has 0 aliphatic rings. The van der Waals surface area contributed by atoms with E-state index in [4.69, 9.17) is 13.9 Å². The summed E-state index contributed by atoms with van der Waals surface area (Å²) >= 11 is 0. The van der Waals surface area contributed by atoms with Gasteiger partial charge in [0.25, 0.3) is 0 Å². The Balaban J connectivity index is 2.17. The van der Waals surface area contributed by atoms with Crippen LogP contribution in [0, 0.1) is 0 Å². The van der Waals surface area contributed by atoms with Gasteiger partial charge < -0.3 is 19.2 Å². The predicted molar refractivity (Wildman–Crippen MR) is 79.4 cm³/mol. The molecule has 6 nitrogen and oxygen atoms in total. The Morgan fingerprint density at radius 1 is 1.10 bits per heavy atom. The SMILES string of the molecule is COc1ccc(-c2nnc(CNC(C)(C)C)o2)cc1OC. The molecule has 114 valence electrons. The van der Waals surface area contributed by atoms with E-state index in [1.165, 1.54) is 0 Å². The molecule has 0 atom stereocenters. The molecule has 0 aliphatic carbocycles. The van der Waals surface area contributed by atoms with Crippen molar-refractivity contribution in [2.24, 2.45) is 0 Å². The highest BCUT2D eigenvalue weighted by atomic mass is 16.5. The molecule has 1 heterocycles. The van der Waals surface area contributed by atoms with E-state index < -0.39 is 0 Å². The first-order valence-corrected chi connectivity index (χ1v) is 6.73. The molecular weight excluding hydrogens is 270 g/mol. The smallest absolute Gasteiger partial charge is 0.247 e. The van der Waals surface area contributed by atoms with Gasteiger partial charge in [0.05, 0.1) is 20.8 Å². The molecule has 21 heavy (non-hydrogen) atoms. The molecule has 0 unspecified atom stereocenters. The Kier molecular flexibility index (Phi) is 4.47. The van der Waals surface area contributed by atoms with E-state index in [0.717, 1.165) is 5.56 Å². The number of benzene rings is 1. The van der Waals surface area contributed by atoms with E-state index >= 15 is 0 Å². The molecule has 0 fully saturated rings. The van der Waals surface area contributed by atoms with Crippen LogP contribution in [-0.4, -0.2) is 30.0 Å². The lowest BCUT2D eigenvalue weighted by molar-refractivity contribution is 0.355. The molecule has 1 aromatic carbocycles. The summed E-state index contributed by atoms with van der Waals surface area (Å²) in [6.07, 6.45) is 0.